The first kappa shape index (κ1) is 9.26. The molecule has 3 heteroatoms. The summed E-state index contributed by atoms with van der Waals surface area (Å²) in [6.07, 6.45) is 0. The number of hydrogen-bond acceptors (Lipinski definition) is 2. The summed E-state index contributed by atoms with van der Waals surface area (Å²) in [6.45, 7) is 3.62. The molecule has 0 radical (unpaired) electrons. The predicted octanol–water partition coefficient (Wildman–Crippen LogP) is 2.50. The fourth-order valence-electron chi connectivity index (χ4n) is 0.895. The fraction of sp³-hybridized carbons (Fsp3) is 0.333. The number of hydrogen-bond donors (Lipinski definition) is 1. The molecule has 0 bridgehead atoms. The fourth-order valence-corrected chi connectivity index (χ4v) is 2.00. The molecule has 0 aliphatic heterocycles. The van der Waals surface area contributed by atoms with Crippen LogP contribution in [0, 0.1) is 4.78 Å². The number of nitrogens with one attached hydrogen (secondary N) is 1. The van der Waals surface area contributed by atoms with Gasteiger partial charge in [-0.05, 0) is 26.0 Å². The minimum Gasteiger partial charge on any atom is -0.249 e. The lowest BCUT2D eigenvalue weighted by Gasteiger charge is -2.10. The van der Waals surface area contributed by atoms with Crippen LogP contribution in [0.5, 0.6) is 0 Å². The quantitative estimate of drug-likeness (QED) is 0.752. The first-order valence-corrected chi connectivity index (χ1v) is 5.50. The average Bonchev–Trinajstić information content (AvgIpc) is 2.06. The molecule has 12 heavy (non-hydrogen) atoms. The largest absolute Gasteiger partial charge is 0.249 e. The van der Waals surface area contributed by atoms with Crippen LogP contribution in [0.1, 0.15) is 13.8 Å². The highest BCUT2D eigenvalue weighted by Crippen LogP contribution is 2.15. The Balaban J connectivity index is 3.17. The molecule has 2 nitrogen and oxygen atoms in total. The van der Waals surface area contributed by atoms with Gasteiger partial charge in [0.1, 0.15) is 0 Å². The summed E-state index contributed by atoms with van der Waals surface area (Å²) in [6, 6.07) is 8.97. The lowest BCUT2D eigenvalue weighted by molar-refractivity contribution is 0.667. The Morgan fingerprint density at radius 3 is 2.17 bits per heavy atom. The lowest BCUT2D eigenvalue weighted by Crippen LogP contribution is -2.11. The molecule has 1 unspecified atom stereocenters. The summed E-state index contributed by atoms with van der Waals surface area (Å²) < 4.78 is 19.4. The van der Waals surface area contributed by atoms with E-state index in [-0.39, 0.29) is 5.25 Å². The Morgan fingerprint density at radius 2 is 1.75 bits per heavy atom. The zero-order valence-electron chi connectivity index (χ0n) is 7.28. The molecule has 1 aromatic carbocycles. The standard InChI is InChI=1S/C9H13NOS/c1-8(2)12(10,11)9-6-4-3-5-7-9/h3-8,10H,1-2H3. The SMILES string of the molecule is CC(C)S(=N)(=O)c1ccccc1. The third kappa shape index (κ3) is 1.67. The van der Waals surface area contributed by atoms with Crippen LogP contribution in [0.3, 0.4) is 0 Å². The van der Waals surface area contributed by atoms with Crippen LogP contribution in [-0.4, -0.2) is 9.46 Å². The molecule has 1 rings (SSSR count). The maximum atomic E-state index is 11.8. The van der Waals surface area contributed by atoms with Gasteiger partial charge in [0.25, 0.3) is 0 Å². The summed E-state index contributed by atoms with van der Waals surface area (Å²) in [5, 5.41) is -0.125. The van der Waals surface area contributed by atoms with E-state index in [1.807, 2.05) is 32.0 Å². The van der Waals surface area contributed by atoms with E-state index in [2.05, 4.69) is 0 Å². The van der Waals surface area contributed by atoms with Crippen LogP contribution in [0.4, 0.5) is 0 Å². The molecule has 1 N–H and O–H groups in total. The summed E-state index contributed by atoms with van der Waals surface area (Å²) in [7, 11) is -2.58. The van der Waals surface area contributed by atoms with E-state index in [1.54, 1.807) is 12.1 Å². The van der Waals surface area contributed by atoms with Gasteiger partial charge in [-0.25, -0.2) is 8.99 Å². The summed E-state index contributed by atoms with van der Waals surface area (Å²) in [5.74, 6) is 0. The van der Waals surface area contributed by atoms with E-state index in [4.69, 9.17) is 4.78 Å². The minimum atomic E-state index is -2.58. The zero-order chi connectivity index (χ0) is 9.19. The van der Waals surface area contributed by atoms with Crippen molar-refractivity contribution in [1.29, 1.82) is 4.78 Å². The third-order valence-corrected chi connectivity index (χ3v) is 4.06. The van der Waals surface area contributed by atoms with Gasteiger partial charge in [0.15, 0.2) is 0 Å². The Kier molecular flexibility index (Phi) is 2.52. The van der Waals surface area contributed by atoms with E-state index in [9.17, 15) is 4.21 Å². The number of benzene rings is 1. The zero-order valence-corrected chi connectivity index (χ0v) is 8.10. The normalized spacial score (nSPS) is 15.9. The summed E-state index contributed by atoms with van der Waals surface area (Å²) in [5.41, 5.74) is 0. The molecular weight excluding hydrogens is 170 g/mol. The highest BCUT2D eigenvalue weighted by Gasteiger charge is 2.13. The summed E-state index contributed by atoms with van der Waals surface area (Å²) in [4.78, 5) is 0.625. The molecule has 0 fully saturated rings. The molecule has 0 saturated carbocycles. The van der Waals surface area contributed by atoms with Gasteiger partial charge in [-0.2, -0.15) is 0 Å². The third-order valence-electron chi connectivity index (χ3n) is 1.76. The van der Waals surface area contributed by atoms with Crippen molar-refractivity contribution in [2.75, 3.05) is 0 Å². The van der Waals surface area contributed by atoms with Crippen molar-refractivity contribution in [1.82, 2.24) is 0 Å². The van der Waals surface area contributed by atoms with Crippen LogP contribution in [0.2, 0.25) is 0 Å². The highest BCUT2D eigenvalue weighted by molar-refractivity contribution is 7.93. The van der Waals surface area contributed by atoms with Gasteiger partial charge in [0, 0.05) is 10.1 Å². The molecule has 0 spiro atoms. The van der Waals surface area contributed by atoms with Crippen molar-refractivity contribution in [2.45, 2.75) is 24.0 Å². The molecule has 0 heterocycles. The maximum absolute atomic E-state index is 11.8. The van der Waals surface area contributed by atoms with Crippen molar-refractivity contribution in [3.63, 3.8) is 0 Å². The van der Waals surface area contributed by atoms with E-state index in [0.717, 1.165) is 0 Å². The topological polar surface area (TPSA) is 40.9 Å². The second kappa shape index (κ2) is 3.27. The average molecular weight is 183 g/mol. The van der Waals surface area contributed by atoms with Crippen molar-refractivity contribution >= 4 is 9.73 Å². The van der Waals surface area contributed by atoms with Crippen molar-refractivity contribution < 1.29 is 4.21 Å². The molecule has 0 saturated heterocycles. The van der Waals surface area contributed by atoms with Gasteiger partial charge in [-0.1, -0.05) is 18.2 Å². The van der Waals surface area contributed by atoms with E-state index in [1.165, 1.54) is 0 Å². The molecule has 66 valence electrons. The van der Waals surface area contributed by atoms with Gasteiger partial charge >= 0.3 is 0 Å². The maximum Gasteiger partial charge on any atom is 0.0749 e. The Hall–Kier alpha value is -0.830. The minimum absolute atomic E-state index is 0.125. The van der Waals surface area contributed by atoms with Crippen LogP contribution in [0.15, 0.2) is 35.2 Å². The molecule has 0 amide bonds. The van der Waals surface area contributed by atoms with Gasteiger partial charge < -0.3 is 0 Å². The predicted molar refractivity (Wildman–Crippen MR) is 50.7 cm³/mol. The Morgan fingerprint density at radius 1 is 1.25 bits per heavy atom. The van der Waals surface area contributed by atoms with E-state index >= 15 is 0 Å². The second-order valence-corrected chi connectivity index (χ2v) is 5.58. The monoisotopic (exact) mass is 183 g/mol. The van der Waals surface area contributed by atoms with Gasteiger partial charge in [-0.3, -0.25) is 0 Å². The van der Waals surface area contributed by atoms with Crippen LogP contribution in [0.25, 0.3) is 0 Å². The van der Waals surface area contributed by atoms with Crippen LogP contribution >= 0.6 is 0 Å². The molecule has 1 aromatic rings. The summed E-state index contributed by atoms with van der Waals surface area (Å²) >= 11 is 0. The Labute approximate surface area is 73.6 Å². The first-order valence-electron chi connectivity index (χ1n) is 3.88. The van der Waals surface area contributed by atoms with Crippen molar-refractivity contribution in [2.24, 2.45) is 0 Å². The van der Waals surface area contributed by atoms with Gasteiger partial charge in [0.2, 0.25) is 0 Å². The molecule has 0 aliphatic rings. The van der Waals surface area contributed by atoms with E-state index < -0.39 is 9.73 Å². The smallest absolute Gasteiger partial charge is 0.0749 e. The lowest BCUT2D eigenvalue weighted by atomic mass is 10.4. The molecule has 0 aromatic heterocycles. The Bertz CT molecular complexity index is 340. The molecule has 1 atom stereocenters. The number of rotatable bonds is 2. The van der Waals surface area contributed by atoms with Crippen molar-refractivity contribution in [3.05, 3.63) is 30.3 Å². The van der Waals surface area contributed by atoms with Gasteiger partial charge in [-0.15, -0.1) is 0 Å². The van der Waals surface area contributed by atoms with Crippen LogP contribution in [-0.2, 0) is 9.73 Å². The second-order valence-electron chi connectivity index (χ2n) is 2.96. The molecular formula is C9H13NOS. The van der Waals surface area contributed by atoms with Crippen LogP contribution < -0.4 is 0 Å². The molecule has 0 aliphatic carbocycles. The van der Waals surface area contributed by atoms with E-state index in [0.29, 0.717) is 4.90 Å². The van der Waals surface area contributed by atoms with Crippen molar-refractivity contribution in [3.8, 4) is 0 Å². The highest BCUT2D eigenvalue weighted by atomic mass is 32.2. The van der Waals surface area contributed by atoms with Gasteiger partial charge in [0.05, 0.1) is 9.73 Å². The first-order chi connectivity index (χ1) is 5.55.